The van der Waals surface area contributed by atoms with Crippen molar-refractivity contribution in [2.45, 2.75) is 112 Å². The summed E-state index contributed by atoms with van der Waals surface area (Å²) in [6.07, 6.45) is 14.8. The number of anilines is 2. The average Bonchev–Trinajstić information content (AvgIpc) is 4.22. The molecular formula is C57H61F2N11O7. The fourth-order valence-electron chi connectivity index (χ4n) is 14.1. The number of carbonyl (C=O) groups excluding carboxylic acids is 2. The zero-order chi connectivity index (χ0) is 52.9. The normalized spacial score (nSPS) is 26.6. The second-order valence-corrected chi connectivity index (χ2v) is 22.5. The first-order valence-corrected chi connectivity index (χ1v) is 27.2. The molecule has 0 radical (unpaired) electrons. The van der Waals surface area contributed by atoms with Crippen LogP contribution in [0.2, 0.25) is 0 Å². The van der Waals surface area contributed by atoms with Gasteiger partial charge in [0.2, 0.25) is 11.8 Å². The Hall–Kier alpha value is -7.21. The van der Waals surface area contributed by atoms with Crippen molar-refractivity contribution in [3.8, 4) is 29.6 Å². The number of likely N-dealkylation sites (tertiary alicyclic amines) is 1. The Morgan fingerprint density at radius 2 is 1.77 bits per heavy atom. The van der Waals surface area contributed by atoms with Crippen molar-refractivity contribution < 1.29 is 37.7 Å². The van der Waals surface area contributed by atoms with E-state index < -0.39 is 29.7 Å². The smallest absolute Gasteiger partial charge is 0.407 e. The van der Waals surface area contributed by atoms with Crippen LogP contribution in [0.25, 0.3) is 44.0 Å². The molecule has 7 aliphatic heterocycles. The minimum atomic E-state index is -0.906. The van der Waals surface area contributed by atoms with E-state index >= 15 is 8.78 Å². The second kappa shape index (κ2) is 19.4. The van der Waals surface area contributed by atoms with E-state index in [1.54, 1.807) is 40.9 Å². The molecule has 7 saturated heterocycles. The molecule has 5 unspecified atom stereocenters. The molecule has 0 spiro atoms. The molecule has 3 amide bonds. The Morgan fingerprint density at radius 3 is 2.56 bits per heavy atom. The average molecular weight is 1050 g/mol. The third kappa shape index (κ3) is 8.61. The number of hydrogen-bond donors (Lipinski definition) is 3. The van der Waals surface area contributed by atoms with Gasteiger partial charge in [-0.05, 0) is 106 Å². The highest BCUT2D eigenvalue weighted by Crippen LogP contribution is 2.46. The van der Waals surface area contributed by atoms with Crippen LogP contribution in [0, 0.1) is 29.9 Å². The number of fused-ring (bicyclic) bond motifs is 6. The lowest BCUT2D eigenvalue weighted by Gasteiger charge is -2.43. The fourth-order valence-corrected chi connectivity index (χ4v) is 14.1. The number of rotatable bonds is 12. The lowest BCUT2D eigenvalue weighted by atomic mass is 9.87. The quantitative estimate of drug-likeness (QED) is 0.0940. The summed E-state index contributed by atoms with van der Waals surface area (Å²) in [7, 11) is 1.69. The van der Waals surface area contributed by atoms with Gasteiger partial charge in [0, 0.05) is 93.2 Å². The number of aryl methyl sites for hydroxylation is 1. The number of benzene rings is 3. The van der Waals surface area contributed by atoms with Crippen LogP contribution in [0.3, 0.4) is 0 Å². The summed E-state index contributed by atoms with van der Waals surface area (Å²) in [6, 6.07) is 13.8. The molecule has 3 N–H and O–H groups in total. The second-order valence-electron chi connectivity index (χ2n) is 22.5. The fraction of sp³-hybridized carbons (Fsp3) is 0.491. The highest BCUT2D eigenvalue weighted by molar-refractivity contribution is 6.02. The number of nitrogens with zero attached hydrogens (tertiary/aromatic N) is 9. The zero-order valence-electron chi connectivity index (χ0n) is 42.9. The third-order valence-corrected chi connectivity index (χ3v) is 18.0. The number of halogens is 2. The van der Waals surface area contributed by atoms with Crippen LogP contribution in [-0.4, -0.2) is 145 Å². The highest BCUT2D eigenvalue weighted by atomic mass is 19.1. The molecule has 18 nitrogen and oxygen atoms in total. The van der Waals surface area contributed by atoms with E-state index in [9.17, 15) is 24.3 Å². The van der Waals surface area contributed by atoms with Gasteiger partial charge in [-0.1, -0.05) is 30.2 Å². The summed E-state index contributed by atoms with van der Waals surface area (Å²) in [6.45, 7) is 4.84. The van der Waals surface area contributed by atoms with Crippen molar-refractivity contribution in [3.63, 3.8) is 0 Å². The first-order valence-electron chi connectivity index (χ1n) is 27.2. The zero-order valence-corrected chi connectivity index (χ0v) is 42.9. The molecule has 13 rings (SSSR count). The van der Waals surface area contributed by atoms with Gasteiger partial charge in [-0.25, -0.2) is 18.4 Å². The lowest BCUT2D eigenvalue weighted by Crippen LogP contribution is -2.54. The molecule has 77 heavy (non-hydrogen) atoms. The Kier molecular flexibility index (Phi) is 12.4. The number of nitrogens with one attached hydrogen (secondary N) is 2. The molecule has 3 aromatic carbocycles. The number of hydrogen-bond acceptors (Lipinski definition) is 13. The van der Waals surface area contributed by atoms with E-state index in [2.05, 4.69) is 36.2 Å². The highest BCUT2D eigenvalue weighted by Gasteiger charge is 2.51. The van der Waals surface area contributed by atoms with Crippen LogP contribution < -0.4 is 30.9 Å². The number of piperidine rings is 2. The number of piperazine rings is 1. The van der Waals surface area contributed by atoms with E-state index in [-0.39, 0.29) is 95.6 Å². The Bertz CT molecular complexity index is 3490. The predicted octanol–water partition coefficient (Wildman–Crippen LogP) is 6.11. The molecule has 7 fully saturated rings. The molecule has 400 valence electrons. The number of imidazole rings is 1. The molecule has 10 heterocycles. The standard InChI is InChI=1S/C57H61F2N11O7/c1-3-40-43(58)12-8-33-6-4-7-41(48(33)40)50-49(59)51-42(25-60-50)52(67-26-34-9-10-35(27-67)61-34)64-54(63-51)77-31-57-18-5-20-69(57)37(16-19-57)23-38-22-32(17-21-68(38)56(74)75)30-76-39-28-66(29-39)36-11-13-44-46(24-36)65(2)55(73)70(44)45-14-15-47(71)62-53(45)72/h1,4,6-8,11-13,24-25,32,34-35,37-39,45,61H,5,9-10,14-23,26-31H2,2H3,(H,74,75)(H,62,71,72)/t32?,34?,35?,37-,38?,45?,57-/m0/s1. The number of ether oxygens (including phenoxy) is 2. The maximum Gasteiger partial charge on any atom is 0.407 e. The SMILES string of the molecule is C#Cc1c(F)ccc2cccc(-c3ncc4c(N5CC6CCC(C5)N6)nc(OC[C@@]56CCCN5[C@H](CC5CC(COC7CN(c8ccc9c(c8)n(C)c(=O)n9C8CCC(=O)NC8=O)C7)CCN5C(=O)O)CC6)nc4c3F)c12. The monoisotopic (exact) mass is 1050 g/mol. The third-order valence-electron chi connectivity index (χ3n) is 18.0. The molecule has 6 aromatic rings. The number of imide groups is 1. The van der Waals surface area contributed by atoms with Gasteiger partial charge in [-0.15, -0.1) is 6.42 Å². The van der Waals surface area contributed by atoms with Crippen molar-refractivity contribution in [1.29, 1.82) is 0 Å². The van der Waals surface area contributed by atoms with Gasteiger partial charge in [-0.3, -0.25) is 33.9 Å². The van der Waals surface area contributed by atoms with Gasteiger partial charge >= 0.3 is 17.8 Å². The number of pyridine rings is 1. The van der Waals surface area contributed by atoms with Crippen LogP contribution in [0.4, 0.5) is 25.1 Å². The molecular weight excluding hydrogens is 989 g/mol. The number of aromatic nitrogens is 5. The topological polar surface area (TPSA) is 193 Å². The van der Waals surface area contributed by atoms with E-state index in [0.29, 0.717) is 97.2 Å². The Labute approximate surface area is 442 Å². The van der Waals surface area contributed by atoms with Crippen molar-refractivity contribution in [2.24, 2.45) is 13.0 Å². The molecule has 0 saturated carbocycles. The van der Waals surface area contributed by atoms with E-state index in [0.717, 1.165) is 50.8 Å². The van der Waals surface area contributed by atoms with Crippen molar-refractivity contribution in [2.75, 3.05) is 62.3 Å². The summed E-state index contributed by atoms with van der Waals surface area (Å²) in [5, 5.41) is 18.0. The maximum absolute atomic E-state index is 17.3. The molecule has 20 heteroatoms. The van der Waals surface area contributed by atoms with Crippen LogP contribution >= 0.6 is 0 Å². The molecule has 7 aliphatic rings. The van der Waals surface area contributed by atoms with E-state index in [1.165, 1.54) is 10.6 Å². The summed E-state index contributed by atoms with van der Waals surface area (Å²) in [5.74, 6) is 1.18. The molecule has 2 bridgehead atoms. The van der Waals surface area contributed by atoms with Gasteiger partial charge in [0.25, 0.3) is 0 Å². The van der Waals surface area contributed by atoms with Crippen molar-refractivity contribution in [1.82, 2.24) is 44.5 Å². The van der Waals surface area contributed by atoms with E-state index in [4.69, 9.17) is 25.9 Å². The first kappa shape index (κ1) is 49.4. The number of terminal acetylenes is 1. The number of carbonyl (C=O) groups is 3. The summed E-state index contributed by atoms with van der Waals surface area (Å²) in [4.78, 5) is 73.6. The first-order chi connectivity index (χ1) is 37.3. The Morgan fingerprint density at radius 1 is 0.935 bits per heavy atom. The van der Waals surface area contributed by atoms with Crippen LogP contribution in [0.15, 0.2) is 59.5 Å². The molecule has 7 atom stereocenters. The molecule has 3 aromatic heterocycles. The summed E-state index contributed by atoms with van der Waals surface area (Å²) >= 11 is 0. The number of amides is 3. The Balaban J connectivity index is 0.687. The lowest BCUT2D eigenvalue weighted by molar-refractivity contribution is -0.135. The van der Waals surface area contributed by atoms with Gasteiger partial charge in [0.1, 0.15) is 35.5 Å². The van der Waals surface area contributed by atoms with Gasteiger partial charge in [-0.2, -0.15) is 9.97 Å². The summed E-state index contributed by atoms with van der Waals surface area (Å²) in [5.41, 5.74) is 2.12. The minimum absolute atomic E-state index is 0.000625. The van der Waals surface area contributed by atoms with Crippen LogP contribution in [0.5, 0.6) is 6.01 Å². The largest absolute Gasteiger partial charge is 0.465 e. The van der Waals surface area contributed by atoms with Crippen molar-refractivity contribution >= 4 is 62.1 Å². The van der Waals surface area contributed by atoms with Gasteiger partial charge in [0.05, 0.1) is 40.2 Å². The van der Waals surface area contributed by atoms with Gasteiger partial charge < -0.3 is 34.6 Å². The predicted molar refractivity (Wildman–Crippen MR) is 284 cm³/mol. The van der Waals surface area contributed by atoms with E-state index in [1.807, 2.05) is 24.3 Å². The minimum Gasteiger partial charge on any atom is -0.465 e. The van der Waals surface area contributed by atoms with Gasteiger partial charge in [0.15, 0.2) is 5.82 Å². The number of carboxylic acid groups (broad SMARTS) is 1. The van der Waals surface area contributed by atoms with Crippen LogP contribution in [-0.2, 0) is 21.4 Å². The molecule has 0 aliphatic carbocycles. The van der Waals surface area contributed by atoms with Crippen molar-refractivity contribution in [3.05, 3.63) is 82.4 Å². The summed E-state index contributed by atoms with van der Waals surface area (Å²) < 4.78 is 48.6. The maximum atomic E-state index is 17.3. The van der Waals surface area contributed by atoms with Crippen LogP contribution in [0.1, 0.15) is 82.2 Å².